The van der Waals surface area contributed by atoms with Gasteiger partial charge in [-0.25, -0.2) is 9.98 Å². The van der Waals surface area contributed by atoms with Crippen LogP contribution in [0.5, 0.6) is 0 Å². The molecule has 1 saturated heterocycles. The van der Waals surface area contributed by atoms with Crippen molar-refractivity contribution in [1.82, 2.24) is 26.0 Å². The first kappa shape index (κ1) is 17.1. The Morgan fingerprint density at radius 3 is 2.93 bits per heavy atom. The lowest BCUT2D eigenvalue weighted by atomic mass is 9.99. The van der Waals surface area contributed by atoms with Crippen molar-refractivity contribution in [2.75, 3.05) is 5.32 Å². The van der Waals surface area contributed by atoms with Crippen molar-refractivity contribution in [1.29, 1.82) is 0 Å². The summed E-state index contributed by atoms with van der Waals surface area (Å²) in [5, 5.41) is 21.4. The second kappa shape index (κ2) is 6.55. The number of carbonyl (C=O) groups is 1. The fraction of sp³-hybridized carbons (Fsp3) is 0.222. The maximum atomic E-state index is 11.6. The number of nitrogens with zero attached hydrogens (tertiary/aromatic N) is 4. The molecule has 5 rings (SSSR count). The lowest BCUT2D eigenvalue weighted by molar-refractivity contribution is -0.384. The van der Waals surface area contributed by atoms with Gasteiger partial charge in [-0.05, 0) is 31.1 Å². The third-order valence-electron chi connectivity index (χ3n) is 4.87. The van der Waals surface area contributed by atoms with E-state index < -0.39 is 4.92 Å². The van der Waals surface area contributed by atoms with Gasteiger partial charge in [-0.2, -0.15) is 5.10 Å². The van der Waals surface area contributed by atoms with Crippen molar-refractivity contribution < 1.29 is 9.72 Å². The number of hydrazine groups is 1. The lowest BCUT2D eigenvalue weighted by Gasteiger charge is -2.09. The van der Waals surface area contributed by atoms with Crippen LogP contribution in [-0.4, -0.2) is 31.7 Å². The molecule has 1 atom stereocenters. The molecule has 29 heavy (non-hydrogen) atoms. The topological polar surface area (TPSA) is 150 Å². The van der Waals surface area contributed by atoms with Gasteiger partial charge in [0, 0.05) is 29.4 Å². The largest absolute Gasteiger partial charge is 0.318 e. The first-order valence-electron chi connectivity index (χ1n) is 9.09. The molecule has 3 aliphatic rings. The number of fused-ring (bicyclic) bond motifs is 1. The van der Waals surface area contributed by atoms with Crippen LogP contribution in [0.2, 0.25) is 0 Å². The Kier molecular flexibility index (Phi) is 3.86. The number of allylic oxidation sites excluding steroid dienone is 2. The number of pyridine rings is 1. The number of amides is 1. The summed E-state index contributed by atoms with van der Waals surface area (Å²) in [5.41, 5.74) is 7.45. The van der Waals surface area contributed by atoms with Crippen LogP contribution in [0.4, 0.5) is 23.1 Å². The number of hydrogen-bond donors (Lipinski definition) is 4. The van der Waals surface area contributed by atoms with Gasteiger partial charge in [0.1, 0.15) is 0 Å². The molecule has 0 radical (unpaired) electrons. The molecule has 1 unspecified atom stereocenters. The molecule has 4 N–H and O–H groups in total. The molecule has 0 spiro atoms. The van der Waals surface area contributed by atoms with E-state index >= 15 is 0 Å². The van der Waals surface area contributed by atoms with E-state index in [0.29, 0.717) is 29.0 Å². The van der Waals surface area contributed by atoms with Gasteiger partial charge in [0.2, 0.25) is 5.82 Å². The average molecular weight is 392 g/mol. The van der Waals surface area contributed by atoms with Crippen LogP contribution in [-0.2, 0) is 4.79 Å². The van der Waals surface area contributed by atoms with Crippen LogP contribution < -0.4 is 16.2 Å². The number of aromatic nitrogens is 3. The van der Waals surface area contributed by atoms with Crippen LogP contribution in [0.15, 0.2) is 47.1 Å². The fourth-order valence-corrected chi connectivity index (χ4v) is 3.22. The summed E-state index contributed by atoms with van der Waals surface area (Å²) in [4.78, 5) is 31.2. The number of nitrogens with one attached hydrogen (secondary N) is 4. The zero-order chi connectivity index (χ0) is 20.0. The Morgan fingerprint density at radius 2 is 2.14 bits per heavy atom. The number of nitro groups is 1. The molecular weight excluding hydrogens is 376 g/mol. The summed E-state index contributed by atoms with van der Waals surface area (Å²) >= 11 is 0. The van der Waals surface area contributed by atoms with Crippen LogP contribution in [0.25, 0.3) is 0 Å². The highest BCUT2D eigenvalue weighted by atomic mass is 16.6. The molecule has 2 aromatic rings. The fourth-order valence-electron chi connectivity index (χ4n) is 3.22. The first-order valence-corrected chi connectivity index (χ1v) is 9.09. The summed E-state index contributed by atoms with van der Waals surface area (Å²) in [6, 6.07) is 4.66. The molecule has 11 heteroatoms. The van der Waals surface area contributed by atoms with Crippen molar-refractivity contribution in [2.24, 2.45) is 10.9 Å². The van der Waals surface area contributed by atoms with Gasteiger partial charge >= 0.3 is 5.69 Å². The van der Waals surface area contributed by atoms with E-state index in [4.69, 9.17) is 0 Å². The highest BCUT2D eigenvalue weighted by molar-refractivity contribution is 6.08. The second-order valence-corrected chi connectivity index (χ2v) is 6.99. The van der Waals surface area contributed by atoms with Crippen LogP contribution in [0, 0.1) is 16.0 Å². The summed E-state index contributed by atoms with van der Waals surface area (Å²) in [5.74, 6) is 0.830. The van der Waals surface area contributed by atoms with E-state index in [1.807, 2.05) is 6.07 Å². The Labute approximate surface area is 164 Å². The van der Waals surface area contributed by atoms with Crippen molar-refractivity contribution in [3.05, 3.63) is 57.9 Å². The molecular formula is C18H16N8O3. The lowest BCUT2D eigenvalue weighted by Crippen LogP contribution is -2.25. The third-order valence-corrected chi connectivity index (χ3v) is 4.87. The first-order chi connectivity index (χ1) is 14.1. The molecule has 2 fully saturated rings. The van der Waals surface area contributed by atoms with Crippen molar-refractivity contribution in [2.45, 2.75) is 18.8 Å². The molecule has 146 valence electrons. The average Bonchev–Trinajstić information content (AvgIpc) is 3.35. The summed E-state index contributed by atoms with van der Waals surface area (Å²) in [6.07, 6.45) is 7.41. The monoisotopic (exact) mass is 392 g/mol. The van der Waals surface area contributed by atoms with Crippen molar-refractivity contribution >= 4 is 34.8 Å². The number of hydrogen-bond acceptors (Lipinski definition) is 8. The number of rotatable bonds is 5. The van der Waals surface area contributed by atoms with Crippen molar-refractivity contribution in [3.8, 4) is 0 Å². The maximum absolute atomic E-state index is 11.6. The normalized spacial score (nSPS) is 21.4. The molecule has 1 saturated carbocycles. The van der Waals surface area contributed by atoms with E-state index in [9.17, 15) is 14.9 Å². The predicted molar refractivity (Wildman–Crippen MR) is 104 cm³/mol. The predicted octanol–water partition coefficient (Wildman–Crippen LogP) is 2.11. The quantitative estimate of drug-likeness (QED) is 0.449. The van der Waals surface area contributed by atoms with Gasteiger partial charge in [0.25, 0.3) is 5.91 Å². The van der Waals surface area contributed by atoms with Crippen LogP contribution in [0.1, 0.15) is 24.5 Å². The standard InChI is InChI=1S/C18H16N8O3/c27-18-11-4-3-10(7-13(11)23-25-18)19-15-6-5-14(26(28)29)17(20-15)21-16-8-12(22-24-16)9-1-2-9/h3-9,11,23H,1-2H2,(H,25,27)(H2,20,21,22,24). The van der Waals surface area contributed by atoms with E-state index in [0.717, 1.165) is 18.5 Å². The molecule has 1 amide bonds. The van der Waals surface area contributed by atoms with Gasteiger partial charge in [0.05, 0.1) is 16.6 Å². The molecule has 0 aromatic carbocycles. The molecule has 11 nitrogen and oxygen atoms in total. The Hall–Kier alpha value is -4.02. The van der Waals surface area contributed by atoms with E-state index in [1.165, 1.54) is 12.1 Å². The summed E-state index contributed by atoms with van der Waals surface area (Å²) in [6.45, 7) is 0. The molecule has 3 heterocycles. The molecule has 0 bridgehead atoms. The van der Waals surface area contributed by atoms with Crippen LogP contribution in [0.3, 0.4) is 0 Å². The minimum absolute atomic E-state index is 0.0619. The number of carbonyl (C=O) groups excluding carboxylic acids is 1. The van der Waals surface area contributed by atoms with E-state index in [2.05, 4.69) is 36.3 Å². The Morgan fingerprint density at radius 1 is 1.28 bits per heavy atom. The highest BCUT2D eigenvalue weighted by Crippen LogP contribution is 2.40. The SMILES string of the molecule is O=C1NNC2=CC(=Nc3ccc([N+](=O)[O-])c(Nc4cc(C5CC5)[nH]n4)n3)C=CC12. The number of aliphatic imine (C=N–C) groups is 1. The molecule has 1 aliphatic heterocycles. The van der Waals surface area contributed by atoms with Gasteiger partial charge < -0.3 is 10.7 Å². The minimum Gasteiger partial charge on any atom is -0.318 e. The third kappa shape index (κ3) is 3.33. The van der Waals surface area contributed by atoms with E-state index in [-0.39, 0.29) is 23.3 Å². The maximum Gasteiger partial charge on any atom is 0.311 e. The summed E-state index contributed by atoms with van der Waals surface area (Å²) < 4.78 is 0. The van der Waals surface area contributed by atoms with Gasteiger partial charge in [0.15, 0.2) is 11.6 Å². The summed E-state index contributed by atoms with van der Waals surface area (Å²) in [7, 11) is 0. The van der Waals surface area contributed by atoms with Gasteiger partial charge in [-0.1, -0.05) is 6.08 Å². The molecule has 2 aromatic heterocycles. The second-order valence-electron chi connectivity index (χ2n) is 6.99. The van der Waals surface area contributed by atoms with Gasteiger partial charge in [-0.15, -0.1) is 0 Å². The zero-order valence-electron chi connectivity index (χ0n) is 15.0. The Balaban J connectivity index is 1.43. The smallest absolute Gasteiger partial charge is 0.311 e. The zero-order valence-corrected chi connectivity index (χ0v) is 15.0. The Bertz CT molecular complexity index is 1110. The van der Waals surface area contributed by atoms with Crippen LogP contribution >= 0.6 is 0 Å². The van der Waals surface area contributed by atoms with Crippen molar-refractivity contribution in [3.63, 3.8) is 0 Å². The highest BCUT2D eigenvalue weighted by Gasteiger charge is 2.29. The number of anilines is 2. The van der Waals surface area contributed by atoms with Gasteiger partial charge in [-0.3, -0.25) is 25.4 Å². The molecule has 2 aliphatic carbocycles. The number of aromatic amines is 1. The van der Waals surface area contributed by atoms with E-state index in [1.54, 1.807) is 18.2 Å². The number of H-pyrrole nitrogens is 1. The minimum atomic E-state index is -0.506.